The lowest BCUT2D eigenvalue weighted by Crippen LogP contribution is -2.30. The summed E-state index contributed by atoms with van der Waals surface area (Å²) in [5.74, 6) is 0.471. The highest BCUT2D eigenvalue weighted by Gasteiger charge is 2.15. The fourth-order valence-electron chi connectivity index (χ4n) is 1.81. The van der Waals surface area contributed by atoms with E-state index in [0.29, 0.717) is 5.69 Å². The molecule has 104 valence electrons. The smallest absolute Gasteiger partial charge is 0.251 e. The quantitative estimate of drug-likeness (QED) is 0.926. The highest BCUT2D eigenvalue weighted by molar-refractivity contribution is 5.93. The molecule has 0 spiro atoms. The molecule has 1 amide bonds. The van der Waals surface area contributed by atoms with Crippen LogP contribution in [0.25, 0.3) is 0 Å². The number of anilines is 1. The summed E-state index contributed by atoms with van der Waals surface area (Å²) >= 11 is 0. The number of nitrogens with one attached hydrogen (secondary N) is 1. The number of carbonyl (C=O) groups is 1. The van der Waals surface area contributed by atoms with E-state index in [1.807, 2.05) is 0 Å². The van der Waals surface area contributed by atoms with Crippen molar-refractivity contribution < 1.29 is 9.53 Å². The van der Waals surface area contributed by atoms with Crippen molar-refractivity contribution in [1.82, 2.24) is 4.57 Å². The van der Waals surface area contributed by atoms with E-state index >= 15 is 0 Å². The Morgan fingerprint density at radius 3 is 2.50 bits per heavy atom. The molecule has 5 heteroatoms. The van der Waals surface area contributed by atoms with Gasteiger partial charge in [-0.3, -0.25) is 9.59 Å². The number of rotatable bonds is 4. The topological polar surface area (TPSA) is 60.3 Å². The van der Waals surface area contributed by atoms with Gasteiger partial charge in [0.15, 0.2) is 0 Å². The maximum absolute atomic E-state index is 12.1. The predicted octanol–water partition coefficient (Wildman–Crippen LogP) is 2.06. The summed E-state index contributed by atoms with van der Waals surface area (Å²) in [5, 5.41) is 2.76. The van der Waals surface area contributed by atoms with Crippen LogP contribution in [0.1, 0.15) is 13.0 Å². The van der Waals surface area contributed by atoms with E-state index in [1.54, 1.807) is 56.6 Å². The largest absolute Gasteiger partial charge is 0.497 e. The highest BCUT2D eigenvalue weighted by Crippen LogP contribution is 2.16. The van der Waals surface area contributed by atoms with Gasteiger partial charge in [-0.15, -0.1) is 0 Å². The molecule has 2 rings (SSSR count). The Hall–Kier alpha value is -2.56. The molecular formula is C15H16N2O3. The van der Waals surface area contributed by atoms with Crippen LogP contribution in [0.15, 0.2) is 53.5 Å². The zero-order chi connectivity index (χ0) is 14.5. The standard InChI is InChI=1S/C15H16N2O3/c1-11(17-10-4-3-5-14(17)18)15(19)16-12-6-8-13(20-2)9-7-12/h3-11H,1-2H3,(H,16,19). The van der Waals surface area contributed by atoms with Crippen molar-refractivity contribution in [2.45, 2.75) is 13.0 Å². The molecule has 1 unspecified atom stereocenters. The second-order valence-electron chi connectivity index (χ2n) is 4.34. The Morgan fingerprint density at radius 1 is 1.20 bits per heavy atom. The fraction of sp³-hybridized carbons (Fsp3) is 0.200. The monoisotopic (exact) mass is 272 g/mol. The van der Waals surface area contributed by atoms with Gasteiger partial charge in [-0.05, 0) is 37.3 Å². The lowest BCUT2D eigenvalue weighted by molar-refractivity contribution is -0.118. The van der Waals surface area contributed by atoms with Gasteiger partial charge in [0.2, 0.25) is 5.91 Å². The Kier molecular flexibility index (Phi) is 4.20. The maximum atomic E-state index is 12.1. The van der Waals surface area contributed by atoms with Gasteiger partial charge >= 0.3 is 0 Å². The van der Waals surface area contributed by atoms with Crippen LogP contribution in [0, 0.1) is 0 Å². The number of amides is 1. The number of ether oxygens (including phenoxy) is 1. The minimum atomic E-state index is -0.578. The highest BCUT2D eigenvalue weighted by atomic mass is 16.5. The molecule has 20 heavy (non-hydrogen) atoms. The molecule has 1 aromatic heterocycles. The molecule has 1 aromatic carbocycles. The number of hydrogen-bond acceptors (Lipinski definition) is 3. The first-order valence-corrected chi connectivity index (χ1v) is 6.24. The van der Waals surface area contributed by atoms with E-state index in [0.717, 1.165) is 5.75 Å². The molecule has 0 aliphatic carbocycles. The van der Waals surface area contributed by atoms with Crippen LogP contribution in [0.5, 0.6) is 5.75 Å². The van der Waals surface area contributed by atoms with E-state index < -0.39 is 6.04 Å². The van der Waals surface area contributed by atoms with E-state index in [2.05, 4.69) is 5.32 Å². The van der Waals surface area contributed by atoms with Crippen molar-refractivity contribution in [2.24, 2.45) is 0 Å². The van der Waals surface area contributed by atoms with Gasteiger partial charge < -0.3 is 14.6 Å². The number of methoxy groups -OCH3 is 1. The summed E-state index contributed by atoms with van der Waals surface area (Å²) in [4.78, 5) is 23.8. The lowest BCUT2D eigenvalue weighted by atomic mass is 10.2. The molecule has 1 N–H and O–H groups in total. The molecule has 0 aliphatic rings. The van der Waals surface area contributed by atoms with Gasteiger partial charge in [0.05, 0.1) is 7.11 Å². The van der Waals surface area contributed by atoms with Crippen molar-refractivity contribution in [3.8, 4) is 5.75 Å². The third-order valence-electron chi connectivity index (χ3n) is 3.01. The van der Waals surface area contributed by atoms with Crippen LogP contribution in [-0.2, 0) is 4.79 Å². The van der Waals surface area contributed by atoms with Crippen LogP contribution in [-0.4, -0.2) is 17.6 Å². The van der Waals surface area contributed by atoms with Gasteiger partial charge in [0.1, 0.15) is 11.8 Å². The van der Waals surface area contributed by atoms with E-state index in [-0.39, 0.29) is 11.5 Å². The number of hydrogen-bond donors (Lipinski definition) is 1. The molecule has 0 saturated carbocycles. The molecule has 0 saturated heterocycles. The molecule has 1 atom stereocenters. The zero-order valence-corrected chi connectivity index (χ0v) is 11.4. The Bertz CT molecular complexity index is 647. The van der Waals surface area contributed by atoms with Crippen LogP contribution in [0.2, 0.25) is 0 Å². The summed E-state index contributed by atoms with van der Waals surface area (Å²) in [6.07, 6.45) is 1.60. The van der Waals surface area contributed by atoms with E-state index in [9.17, 15) is 9.59 Å². The summed E-state index contributed by atoms with van der Waals surface area (Å²) in [6, 6.07) is 11.2. The minimum Gasteiger partial charge on any atom is -0.497 e. The Balaban J connectivity index is 2.11. The first-order chi connectivity index (χ1) is 9.61. The van der Waals surface area contributed by atoms with Gasteiger partial charge in [-0.2, -0.15) is 0 Å². The SMILES string of the molecule is COc1ccc(NC(=O)C(C)n2ccccc2=O)cc1. The third kappa shape index (κ3) is 3.06. The number of benzene rings is 1. The normalized spacial score (nSPS) is 11.7. The average molecular weight is 272 g/mol. The number of aromatic nitrogens is 1. The molecule has 1 heterocycles. The number of carbonyl (C=O) groups excluding carboxylic acids is 1. The second kappa shape index (κ2) is 6.06. The fourth-order valence-corrected chi connectivity index (χ4v) is 1.81. The minimum absolute atomic E-state index is 0.204. The van der Waals surface area contributed by atoms with Gasteiger partial charge in [-0.1, -0.05) is 6.07 Å². The molecule has 5 nitrogen and oxygen atoms in total. The number of pyridine rings is 1. The van der Waals surface area contributed by atoms with Crippen molar-refractivity contribution in [3.05, 3.63) is 59.0 Å². The Labute approximate surface area is 116 Å². The lowest BCUT2D eigenvalue weighted by Gasteiger charge is -2.15. The summed E-state index contributed by atoms with van der Waals surface area (Å²) in [5.41, 5.74) is 0.455. The summed E-state index contributed by atoms with van der Waals surface area (Å²) in [6.45, 7) is 1.68. The first-order valence-electron chi connectivity index (χ1n) is 6.24. The second-order valence-corrected chi connectivity index (χ2v) is 4.34. The van der Waals surface area contributed by atoms with E-state index in [1.165, 1.54) is 10.6 Å². The van der Waals surface area contributed by atoms with Crippen molar-refractivity contribution in [2.75, 3.05) is 12.4 Å². The molecule has 0 fully saturated rings. The number of nitrogens with zero attached hydrogens (tertiary/aromatic N) is 1. The summed E-state index contributed by atoms with van der Waals surface area (Å²) in [7, 11) is 1.58. The zero-order valence-electron chi connectivity index (χ0n) is 11.4. The Morgan fingerprint density at radius 2 is 1.90 bits per heavy atom. The molecule has 0 aliphatic heterocycles. The average Bonchev–Trinajstić information content (AvgIpc) is 2.48. The van der Waals surface area contributed by atoms with Crippen LogP contribution in [0.4, 0.5) is 5.69 Å². The molecule has 0 radical (unpaired) electrons. The first kappa shape index (κ1) is 13.9. The van der Waals surface area contributed by atoms with Gasteiger partial charge in [0.25, 0.3) is 5.56 Å². The van der Waals surface area contributed by atoms with Crippen LogP contribution >= 0.6 is 0 Å². The molecular weight excluding hydrogens is 256 g/mol. The van der Waals surface area contributed by atoms with Crippen molar-refractivity contribution >= 4 is 11.6 Å². The predicted molar refractivity (Wildman–Crippen MR) is 77.0 cm³/mol. The van der Waals surface area contributed by atoms with Crippen LogP contribution < -0.4 is 15.6 Å². The maximum Gasteiger partial charge on any atom is 0.251 e. The summed E-state index contributed by atoms with van der Waals surface area (Å²) < 4.78 is 6.44. The van der Waals surface area contributed by atoms with Crippen molar-refractivity contribution in [3.63, 3.8) is 0 Å². The van der Waals surface area contributed by atoms with Gasteiger partial charge in [-0.25, -0.2) is 0 Å². The van der Waals surface area contributed by atoms with Gasteiger partial charge in [0, 0.05) is 18.0 Å². The van der Waals surface area contributed by atoms with Crippen LogP contribution in [0.3, 0.4) is 0 Å². The molecule has 2 aromatic rings. The third-order valence-corrected chi connectivity index (χ3v) is 3.01. The molecule has 0 bridgehead atoms. The van der Waals surface area contributed by atoms with E-state index in [4.69, 9.17) is 4.74 Å². The van der Waals surface area contributed by atoms with Crippen molar-refractivity contribution in [1.29, 1.82) is 0 Å².